The molecule has 39 heavy (non-hydrogen) atoms. The number of carbonyl (C=O) groups is 1. The minimum absolute atomic E-state index is 0.138. The van der Waals surface area contributed by atoms with E-state index >= 15 is 0 Å². The van der Waals surface area contributed by atoms with Gasteiger partial charge < -0.3 is 4.74 Å². The van der Waals surface area contributed by atoms with Gasteiger partial charge in [0.05, 0.1) is 0 Å². The van der Waals surface area contributed by atoms with E-state index < -0.39 is 5.60 Å². The topological polar surface area (TPSA) is 26.3 Å². The molecule has 0 saturated heterocycles. The molecule has 0 aromatic heterocycles. The Labute approximate surface area is 238 Å². The number of rotatable bonds is 20. The maximum Gasteiger partial charge on any atom is 0.307 e. The SMILES string of the molecule is CCCCCCCCCCCCCCCCCC(=O)OC(c1ccccc1)(c1ccccc1)c1ccccc1. The van der Waals surface area contributed by atoms with E-state index in [4.69, 9.17) is 4.74 Å². The van der Waals surface area contributed by atoms with Crippen LogP contribution < -0.4 is 0 Å². The molecule has 0 atom stereocenters. The van der Waals surface area contributed by atoms with Crippen LogP contribution in [0.5, 0.6) is 0 Å². The summed E-state index contributed by atoms with van der Waals surface area (Å²) in [5.41, 5.74) is 1.93. The monoisotopic (exact) mass is 526 g/mol. The van der Waals surface area contributed by atoms with Crippen molar-refractivity contribution in [2.45, 2.75) is 115 Å². The second-order valence-electron chi connectivity index (χ2n) is 11.0. The summed E-state index contributed by atoms with van der Waals surface area (Å²) in [4.78, 5) is 13.3. The van der Waals surface area contributed by atoms with Crippen LogP contribution in [0, 0.1) is 0 Å². The van der Waals surface area contributed by atoms with Gasteiger partial charge in [-0.3, -0.25) is 4.79 Å². The Kier molecular flexibility index (Phi) is 14.5. The average Bonchev–Trinajstić information content (AvgIpc) is 2.99. The highest BCUT2D eigenvalue weighted by Crippen LogP contribution is 2.40. The molecule has 0 spiro atoms. The summed E-state index contributed by atoms with van der Waals surface area (Å²) < 4.78 is 6.48. The van der Waals surface area contributed by atoms with Crippen LogP contribution in [0.4, 0.5) is 0 Å². The van der Waals surface area contributed by atoms with Crippen LogP contribution in [0.15, 0.2) is 91.0 Å². The van der Waals surface area contributed by atoms with E-state index in [9.17, 15) is 4.79 Å². The van der Waals surface area contributed by atoms with Crippen molar-refractivity contribution in [2.75, 3.05) is 0 Å². The molecule has 0 aliphatic carbocycles. The van der Waals surface area contributed by atoms with Crippen molar-refractivity contribution < 1.29 is 9.53 Å². The number of hydrogen-bond acceptors (Lipinski definition) is 2. The molecule has 210 valence electrons. The summed E-state index contributed by atoms with van der Waals surface area (Å²) in [5.74, 6) is -0.138. The second kappa shape index (κ2) is 18.4. The van der Waals surface area contributed by atoms with Crippen molar-refractivity contribution in [3.8, 4) is 0 Å². The largest absolute Gasteiger partial charge is 0.444 e. The first-order valence-electron chi connectivity index (χ1n) is 15.7. The summed E-state index contributed by atoms with van der Waals surface area (Å²) in [5, 5.41) is 0. The Morgan fingerprint density at radius 3 is 1.13 bits per heavy atom. The molecule has 2 nitrogen and oxygen atoms in total. The summed E-state index contributed by atoms with van der Waals surface area (Å²) in [7, 11) is 0. The van der Waals surface area contributed by atoms with E-state index in [-0.39, 0.29) is 5.97 Å². The van der Waals surface area contributed by atoms with Gasteiger partial charge in [0.15, 0.2) is 5.60 Å². The average molecular weight is 527 g/mol. The summed E-state index contributed by atoms with van der Waals surface area (Å²) in [6.07, 6.45) is 20.2. The van der Waals surface area contributed by atoms with Crippen LogP contribution in [0.1, 0.15) is 126 Å². The lowest BCUT2D eigenvalue weighted by Crippen LogP contribution is -2.35. The zero-order valence-corrected chi connectivity index (χ0v) is 24.3. The van der Waals surface area contributed by atoms with Crippen LogP contribution in [0.25, 0.3) is 0 Å². The molecule has 0 radical (unpaired) electrons. The fourth-order valence-electron chi connectivity index (χ4n) is 5.56. The number of esters is 1. The van der Waals surface area contributed by atoms with Crippen molar-refractivity contribution in [1.29, 1.82) is 0 Å². The fourth-order valence-corrected chi connectivity index (χ4v) is 5.56. The Hall–Kier alpha value is -2.87. The predicted molar refractivity (Wildman–Crippen MR) is 165 cm³/mol. The lowest BCUT2D eigenvalue weighted by molar-refractivity contribution is -0.153. The Balaban J connectivity index is 1.43. The Bertz CT molecular complexity index is 916. The number of benzene rings is 3. The molecule has 0 N–H and O–H groups in total. The first-order valence-corrected chi connectivity index (χ1v) is 15.7. The molecular formula is C37H50O2. The van der Waals surface area contributed by atoms with Crippen LogP contribution in [0.3, 0.4) is 0 Å². The van der Waals surface area contributed by atoms with E-state index in [1.807, 2.05) is 54.6 Å². The summed E-state index contributed by atoms with van der Waals surface area (Å²) in [6.45, 7) is 2.28. The second-order valence-corrected chi connectivity index (χ2v) is 11.0. The minimum Gasteiger partial charge on any atom is -0.444 e. The minimum atomic E-state index is -0.962. The van der Waals surface area contributed by atoms with Gasteiger partial charge in [0.1, 0.15) is 0 Å². The third-order valence-corrected chi connectivity index (χ3v) is 7.79. The fraction of sp³-hybridized carbons (Fsp3) is 0.486. The first-order chi connectivity index (χ1) is 19.3. The molecule has 2 heteroatoms. The van der Waals surface area contributed by atoms with Gasteiger partial charge in [-0.2, -0.15) is 0 Å². The van der Waals surface area contributed by atoms with Crippen molar-refractivity contribution in [2.24, 2.45) is 0 Å². The smallest absolute Gasteiger partial charge is 0.307 e. The molecule has 0 aliphatic heterocycles. The van der Waals surface area contributed by atoms with E-state index in [1.165, 1.54) is 83.5 Å². The number of unbranched alkanes of at least 4 members (excludes halogenated alkanes) is 14. The summed E-state index contributed by atoms with van der Waals surface area (Å²) >= 11 is 0. The lowest BCUT2D eigenvalue weighted by atomic mass is 9.80. The quantitative estimate of drug-likeness (QED) is 0.0831. The van der Waals surface area contributed by atoms with Gasteiger partial charge in [0.25, 0.3) is 0 Å². The standard InChI is InChI=1S/C37H50O2/c1-2-3-4-5-6-7-8-9-10-11-12-13-14-15-25-32-36(38)39-37(33-26-19-16-20-27-33,34-28-21-17-22-29-34)35-30-23-18-24-31-35/h16-24,26-31H,2-15,25,32H2,1H3. The van der Waals surface area contributed by atoms with Crippen LogP contribution in [0.2, 0.25) is 0 Å². The van der Waals surface area contributed by atoms with Crippen molar-refractivity contribution in [3.05, 3.63) is 108 Å². The van der Waals surface area contributed by atoms with Gasteiger partial charge in [-0.25, -0.2) is 0 Å². The van der Waals surface area contributed by atoms with E-state index in [1.54, 1.807) is 0 Å². The van der Waals surface area contributed by atoms with E-state index in [0.717, 1.165) is 29.5 Å². The molecule has 0 aliphatic rings. The zero-order valence-electron chi connectivity index (χ0n) is 24.3. The third-order valence-electron chi connectivity index (χ3n) is 7.79. The van der Waals surface area contributed by atoms with Gasteiger partial charge in [-0.1, -0.05) is 188 Å². The van der Waals surface area contributed by atoms with Gasteiger partial charge >= 0.3 is 5.97 Å². The van der Waals surface area contributed by atoms with Gasteiger partial charge in [0.2, 0.25) is 0 Å². The van der Waals surface area contributed by atoms with Crippen molar-refractivity contribution in [3.63, 3.8) is 0 Å². The normalized spacial score (nSPS) is 11.4. The summed E-state index contributed by atoms with van der Waals surface area (Å²) in [6, 6.07) is 30.4. The Morgan fingerprint density at radius 1 is 0.487 bits per heavy atom. The Morgan fingerprint density at radius 2 is 0.795 bits per heavy atom. The van der Waals surface area contributed by atoms with Gasteiger partial charge in [0, 0.05) is 23.1 Å². The molecule has 0 amide bonds. The highest BCUT2D eigenvalue weighted by Gasteiger charge is 2.40. The highest BCUT2D eigenvalue weighted by atomic mass is 16.6. The van der Waals surface area contributed by atoms with Crippen molar-refractivity contribution >= 4 is 5.97 Å². The van der Waals surface area contributed by atoms with Gasteiger partial charge in [-0.05, 0) is 6.42 Å². The lowest BCUT2D eigenvalue weighted by Gasteiger charge is -2.35. The van der Waals surface area contributed by atoms with Crippen molar-refractivity contribution in [1.82, 2.24) is 0 Å². The zero-order chi connectivity index (χ0) is 27.4. The number of ether oxygens (including phenoxy) is 1. The van der Waals surface area contributed by atoms with Gasteiger partial charge in [-0.15, -0.1) is 0 Å². The molecule has 3 rings (SSSR count). The maximum absolute atomic E-state index is 13.3. The maximum atomic E-state index is 13.3. The number of hydrogen-bond donors (Lipinski definition) is 0. The van der Waals surface area contributed by atoms with Crippen LogP contribution in [-0.2, 0) is 15.1 Å². The van der Waals surface area contributed by atoms with Crippen LogP contribution in [-0.4, -0.2) is 5.97 Å². The van der Waals surface area contributed by atoms with E-state index in [2.05, 4.69) is 43.3 Å². The third kappa shape index (κ3) is 10.3. The van der Waals surface area contributed by atoms with E-state index in [0.29, 0.717) is 6.42 Å². The molecule has 0 saturated carbocycles. The first kappa shape index (κ1) is 30.7. The van der Waals surface area contributed by atoms with Crippen LogP contribution >= 0.6 is 0 Å². The molecule has 3 aromatic carbocycles. The number of carbonyl (C=O) groups excluding carboxylic acids is 1. The molecule has 3 aromatic rings. The molecule has 0 bridgehead atoms. The molecule has 0 heterocycles. The highest BCUT2D eigenvalue weighted by molar-refractivity contribution is 5.71. The molecule has 0 unspecified atom stereocenters. The predicted octanol–water partition coefficient (Wildman–Crippen LogP) is 10.8. The molecule has 0 fully saturated rings. The molecular weight excluding hydrogens is 476 g/mol.